The average molecular weight is 418 g/mol. The molecule has 1 heterocycles. The Morgan fingerprint density at radius 1 is 0.839 bits per heavy atom. The largest absolute Gasteiger partial charge is 0.489 e. The lowest BCUT2D eigenvalue weighted by Gasteiger charge is -2.30. The number of nitrogens with zero attached hydrogens (tertiary/aromatic N) is 1. The second-order valence-corrected chi connectivity index (χ2v) is 7.20. The van der Waals surface area contributed by atoms with Gasteiger partial charge in [0.05, 0.1) is 24.6 Å². The van der Waals surface area contributed by atoms with Crippen LogP contribution in [0.2, 0.25) is 0 Å². The van der Waals surface area contributed by atoms with E-state index < -0.39 is 0 Å². The third kappa shape index (κ3) is 5.99. The van der Waals surface area contributed by atoms with Gasteiger partial charge in [-0.25, -0.2) is 0 Å². The fourth-order valence-electron chi connectivity index (χ4n) is 3.37. The first-order valence-electron chi connectivity index (χ1n) is 10.4. The van der Waals surface area contributed by atoms with Gasteiger partial charge in [0, 0.05) is 13.1 Å². The Labute approximate surface area is 182 Å². The van der Waals surface area contributed by atoms with E-state index in [0.717, 1.165) is 35.8 Å². The van der Waals surface area contributed by atoms with Crippen LogP contribution in [0.15, 0.2) is 78.9 Å². The molecule has 1 N–H and O–H groups in total. The molecule has 0 saturated carbocycles. The third-order valence-corrected chi connectivity index (χ3v) is 4.97. The average Bonchev–Trinajstić information content (AvgIpc) is 2.84. The summed E-state index contributed by atoms with van der Waals surface area (Å²) >= 11 is 0. The molecule has 31 heavy (non-hydrogen) atoms. The van der Waals surface area contributed by atoms with E-state index in [1.807, 2.05) is 66.7 Å². The summed E-state index contributed by atoms with van der Waals surface area (Å²) in [5, 5.41) is 2.96. The quantitative estimate of drug-likeness (QED) is 0.596. The third-order valence-electron chi connectivity index (χ3n) is 4.97. The number of nitrogens with one attached hydrogen (secondary N) is 1. The minimum Gasteiger partial charge on any atom is -0.489 e. The molecule has 0 radical (unpaired) electrons. The van der Waals surface area contributed by atoms with Crippen LogP contribution in [0.4, 0.5) is 11.4 Å². The second kappa shape index (κ2) is 10.5. The second-order valence-electron chi connectivity index (χ2n) is 7.20. The number of ether oxygens (including phenoxy) is 3. The molecular formula is C25H26N2O4. The molecule has 1 fully saturated rings. The highest BCUT2D eigenvalue weighted by Crippen LogP contribution is 2.26. The molecule has 1 saturated heterocycles. The van der Waals surface area contributed by atoms with Gasteiger partial charge in [-0.05, 0) is 42.0 Å². The van der Waals surface area contributed by atoms with Gasteiger partial charge in [0.2, 0.25) is 0 Å². The topological polar surface area (TPSA) is 60.0 Å². The number of morpholine rings is 1. The Bertz CT molecular complexity index is 970. The number of rotatable bonds is 8. The van der Waals surface area contributed by atoms with Crippen LogP contribution in [0, 0.1) is 0 Å². The van der Waals surface area contributed by atoms with Gasteiger partial charge >= 0.3 is 0 Å². The van der Waals surface area contributed by atoms with Crippen molar-refractivity contribution in [2.75, 3.05) is 43.1 Å². The zero-order valence-corrected chi connectivity index (χ0v) is 17.3. The van der Waals surface area contributed by atoms with Gasteiger partial charge in [-0.15, -0.1) is 0 Å². The fraction of sp³-hybridized carbons (Fsp3) is 0.240. The first-order valence-corrected chi connectivity index (χ1v) is 10.4. The van der Waals surface area contributed by atoms with E-state index in [2.05, 4.69) is 10.2 Å². The van der Waals surface area contributed by atoms with E-state index in [-0.39, 0.29) is 12.5 Å². The molecule has 6 nitrogen and oxygen atoms in total. The maximum atomic E-state index is 12.4. The molecule has 0 atom stereocenters. The van der Waals surface area contributed by atoms with Crippen LogP contribution in [0.25, 0.3) is 0 Å². The van der Waals surface area contributed by atoms with Crippen molar-refractivity contribution in [1.82, 2.24) is 0 Å². The molecule has 1 aliphatic rings. The van der Waals surface area contributed by atoms with Crippen molar-refractivity contribution in [3.05, 3.63) is 84.4 Å². The van der Waals surface area contributed by atoms with Gasteiger partial charge < -0.3 is 24.4 Å². The number of benzene rings is 3. The number of carbonyl (C=O) groups excluding carboxylic acids is 1. The van der Waals surface area contributed by atoms with Crippen LogP contribution >= 0.6 is 0 Å². The van der Waals surface area contributed by atoms with E-state index in [4.69, 9.17) is 14.2 Å². The number of hydrogen-bond acceptors (Lipinski definition) is 5. The number of anilines is 2. The lowest BCUT2D eigenvalue weighted by Crippen LogP contribution is -2.36. The molecule has 3 aromatic carbocycles. The normalized spacial score (nSPS) is 13.5. The van der Waals surface area contributed by atoms with Gasteiger partial charge in [-0.1, -0.05) is 42.5 Å². The highest BCUT2D eigenvalue weighted by atomic mass is 16.5. The van der Waals surface area contributed by atoms with E-state index in [0.29, 0.717) is 25.6 Å². The van der Waals surface area contributed by atoms with Gasteiger partial charge in [0.25, 0.3) is 5.91 Å². The van der Waals surface area contributed by atoms with Crippen molar-refractivity contribution >= 4 is 17.3 Å². The van der Waals surface area contributed by atoms with Crippen LogP contribution in [-0.4, -0.2) is 38.8 Å². The Morgan fingerprint density at radius 3 is 2.23 bits per heavy atom. The number of hydrogen-bond donors (Lipinski definition) is 1. The van der Waals surface area contributed by atoms with E-state index in [9.17, 15) is 4.79 Å². The van der Waals surface area contributed by atoms with Crippen LogP contribution in [0.5, 0.6) is 11.5 Å². The molecule has 0 spiro atoms. The molecule has 160 valence electrons. The zero-order valence-electron chi connectivity index (χ0n) is 17.3. The molecule has 6 heteroatoms. The number of para-hydroxylation sites is 2. The lowest BCUT2D eigenvalue weighted by molar-refractivity contribution is -0.118. The standard InChI is InChI=1S/C25H26N2O4/c28-25(26-23-8-4-5-9-24(23)27-14-16-29-17-15-27)19-31-22-12-10-21(11-13-22)30-18-20-6-2-1-3-7-20/h1-13H,14-19H2,(H,26,28). The Balaban J connectivity index is 1.27. The minimum atomic E-state index is -0.204. The van der Waals surface area contributed by atoms with Crippen LogP contribution in [-0.2, 0) is 16.1 Å². The monoisotopic (exact) mass is 418 g/mol. The Kier molecular flexibility index (Phi) is 7.03. The summed E-state index contributed by atoms with van der Waals surface area (Å²) in [5.74, 6) is 1.16. The summed E-state index contributed by atoms with van der Waals surface area (Å²) in [6, 6.07) is 25.1. The van der Waals surface area contributed by atoms with E-state index >= 15 is 0 Å². The summed E-state index contributed by atoms with van der Waals surface area (Å²) < 4.78 is 16.8. The maximum Gasteiger partial charge on any atom is 0.262 e. The molecule has 1 amide bonds. The van der Waals surface area contributed by atoms with Gasteiger partial charge in [-0.2, -0.15) is 0 Å². The molecule has 0 aliphatic carbocycles. The van der Waals surface area contributed by atoms with E-state index in [1.165, 1.54) is 0 Å². The maximum absolute atomic E-state index is 12.4. The smallest absolute Gasteiger partial charge is 0.262 e. The molecule has 1 aliphatic heterocycles. The summed E-state index contributed by atoms with van der Waals surface area (Å²) in [4.78, 5) is 14.7. The van der Waals surface area contributed by atoms with Crippen LogP contribution in [0.3, 0.4) is 0 Å². The molecule has 0 unspecified atom stereocenters. The number of amides is 1. The van der Waals surface area contributed by atoms with Gasteiger partial charge in [-0.3, -0.25) is 4.79 Å². The molecule has 0 bridgehead atoms. The summed E-state index contributed by atoms with van der Waals surface area (Å²) in [7, 11) is 0. The zero-order chi connectivity index (χ0) is 21.3. The summed E-state index contributed by atoms with van der Waals surface area (Å²) in [6.45, 7) is 3.44. The highest BCUT2D eigenvalue weighted by molar-refractivity contribution is 5.95. The summed E-state index contributed by atoms with van der Waals surface area (Å²) in [6.07, 6.45) is 0. The highest BCUT2D eigenvalue weighted by Gasteiger charge is 2.15. The lowest BCUT2D eigenvalue weighted by atomic mass is 10.2. The van der Waals surface area contributed by atoms with Crippen molar-refractivity contribution in [1.29, 1.82) is 0 Å². The van der Waals surface area contributed by atoms with Crippen molar-refractivity contribution < 1.29 is 19.0 Å². The predicted molar refractivity (Wildman–Crippen MR) is 121 cm³/mol. The fourth-order valence-corrected chi connectivity index (χ4v) is 3.37. The first kappa shape index (κ1) is 20.8. The van der Waals surface area contributed by atoms with Crippen molar-refractivity contribution in [3.8, 4) is 11.5 Å². The van der Waals surface area contributed by atoms with Crippen molar-refractivity contribution in [2.24, 2.45) is 0 Å². The summed E-state index contributed by atoms with van der Waals surface area (Å²) in [5.41, 5.74) is 2.89. The van der Waals surface area contributed by atoms with Gasteiger partial charge in [0.1, 0.15) is 18.1 Å². The SMILES string of the molecule is O=C(COc1ccc(OCc2ccccc2)cc1)Nc1ccccc1N1CCOCC1. The van der Waals surface area contributed by atoms with Gasteiger partial charge in [0.15, 0.2) is 6.61 Å². The molecule has 4 rings (SSSR count). The van der Waals surface area contributed by atoms with Crippen molar-refractivity contribution in [2.45, 2.75) is 6.61 Å². The number of carbonyl (C=O) groups is 1. The Hall–Kier alpha value is -3.51. The first-order chi connectivity index (χ1) is 15.3. The molecule has 3 aromatic rings. The van der Waals surface area contributed by atoms with Crippen LogP contribution in [0.1, 0.15) is 5.56 Å². The molecular weight excluding hydrogens is 392 g/mol. The predicted octanol–water partition coefficient (Wildman–Crippen LogP) is 4.12. The Morgan fingerprint density at radius 2 is 1.48 bits per heavy atom. The van der Waals surface area contributed by atoms with Crippen LogP contribution < -0.4 is 19.7 Å². The minimum absolute atomic E-state index is 0.0678. The van der Waals surface area contributed by atoms with E-state index in [1.54, 1.807) is 12.1 Å². The van der Waals surface area contributed by atoms with Crippen molar-refractivity contribution in [3.63, 3.8) is 0 Å². The molecule has 0 aromatic heterocycles.